The van der Waals surface area contributed by atoms with Crippen LogP contribution in [0.4, 0.5) is 10.7 Å². The molecule has 21 heavy (non-hydrogen) atoms. The van der Waals surface area contributed by atoms with Crippen LogP contribution >= 0.6 is 11.3 Å². The second kappa shape index (κ2) is 5.61. The van der Waals surface area contributed by atoms with Gasteiger partial charge in [-0.05, 0) is 24.7 Å². The molecular weight excluding hydrogens is 308 g/mol. The zero-order valence-corrected chi connectivity index (χ0v) is 14.3. The lowest BCUT2D eigenvalue weighted by Gasteiger charge is -2.14. The van der Waals surface area contributed by atoms with Crippen LogP contribution in [0.2, 0.25) is 0 Å². The summed E-state index contributed by atoms with van der Waals surface area (Å²) in [7, 11) is -3.46. The molecule has 1 fully saturated rings. The Balaban J connectivity index is 2.39. The van der Waals surface area contributed by atoms with Gasteiger partial charge in [0, 0.05) is 13.5 Å². The highest BCUT2D eigenvalue weighted by atomic mass is 32.2. The summed E-state index contributed by atoms with van der Waals surface area (Å²) in [5.74, 6) is -0.228. The maximum Gasteiger partial charge on any atom is 0.183 e. The highest BCUT2D eigenvalue weighted by molar-refractivity contribution is 7.91. The van der Waals surface area contributed by atoms with E-state index in [4.69, 9.17) is 5.73 Å². The second-order valence-electron chi connectivity index (χ2n) is 5.67. The van der Waals surface area contributed by atoms with Crippen LogP contribution in [0.5, 0.6) is 0 Å². The van der Waals surface area contributed by atoms with Crippen molar-refractivity contribution in [2.24, 2.45) is 5.41 Å². The standard InChI is InChI=1S/C14H22N2O3S2/c1-4-14(6-7-14)8-16-13-12(21(18,19)5-2)10(15)11(20-13)9(3)17/h16H,4-8,15H2,1-3H3. The van der Waals surface area contributed by atoms with Gasteiger partial charge in [-0.2, -0.15) is 0 Å². The quantitative estimate of drug-likeness (QED) is 0.750. The monoisotopic (exact) mass is 330 g/mol. The first-order chi connectivity index (χ1) is 9.76. The van der Waals surface area contributed by atoms with E-state index >= 15 is 0 Å². The highest BCUT2D eigenvalue weighted by Gasteiger charge is 2.41. The Kier molecular flexibility index (Phi) is 4.35. The third-order valence-electron chi connectivity index (χ3n) is 4.24. The lowest BCUT2D eigenvalue weighted by molar-refractivity contribution is 0.102. The number of ketones is 1. The van der Waals surface area contributed by atoms with Crippen LogP contribution in [0.3, 0.4) is 0 Å². The van der Waals surface area contributed by atoms with Crippen LogP contribution in [-0.4, -0.2) is 26.5 Å². The Labute approximate surface area is 129 Å². The zero-order chi connectivity index (χ0) is 15.8. The molecule has 0 aliphatic heterocycles. The topological polar surface area (TPSA) is 89.3 Å². The normalized spacial score (nSPS) is 16.7. The summed E-state index contributed by atoms with van der Waals surface area (Å²) >= 11 is 1.15. The fourth-order valence-corrected chi connectivity index (χ4v) is 4.92. The summed E-state index contributed by atoms with van der Waals surface area (Å²) in [5, 5.41) is 3.74. The van der Waals surface area contributed by atoms with Crippen molar-refractivity contribution in [1.82, 2.24) is 0 Å². The molecule has 3 N–H and O–H groups in total. The van der Waals surface area contributed by atoms with Gasteiger partial charge in [-0.15, -0.1) is 11.3 Å². The van der Waals surface area contributed by atoms with Gasteiger partial charge in [-0.25, -0.2) is 8.42 Å². The average molecular weight is 330 g/mol. The number of carbonyl (C=O) groups excluding carboxylic acids is 1. The Bertz CT molecular complexity index is 658. The summed E-state index contributed by atoms with van der Waals surface area (Å²) in [5.41, 5.74) is 6.30. The van der Waals surface area contributed by atoms with Gasteiger partial charge < -0.3 is 11.1 Å². The molecule has 7 heteroatoms. The summed E-state index contributed by atoms with van der Waals surface area (Å²) in [4.78, 5) is 12.1. The number of hydrogen-bond acceptors (Lipinski definition) is 6. The Morgan fingerprint density at radius 3 is 2.43 bits per heavy atom. The van der Waals surface area contributed by atoms with E-state index in [2.05, 4.69) is 12.2 Å². The van der Waals surface area contributed by atoms with Gasteiger partial charge in [0.05, 0.1) is 16.3 Å². The highest BCUT2D eigenvalue weighted by Crippen LogP contribution is 2.49. The van der Waals surface area contributed by atoms with Crippen molar-refractivity contribution in [3.05, 3.63) is 4.88 Å². The molecule has 1 heterocycles. The molecule has 0 bridgehead atoms. The molecule has 0 saturated heterocycles. The number of nitrogens with one attached hydrogen (secondary N) is 1. The van der Waals surface area contributed by atoms with E-state index in [-0.39, 0.29) is 27.5 Å². The molecule has 1 aliphatic carbocycles. The third kappa shape index (κ3) is 3.08. The van der Waals surface area contributed by atoms with Crippen LogP contribution in [-0.2, 0) is 9.84 Å². The molecule has 5 nitrogen and oxygen atoms in total. The van der Waals surface area contributed by atoms with E-state index in [0.717, 1.165) is 37.1 Å². The number of anilines is 2. The predicted octanol–water partition coefficient (Wildman–Crippen LogP) is 2.93. The van der Waals surface area contributed by atoms with E-state index in [1.807, 2.05) is 0 Å². The molecule has 2 rings (SSSR count). The van der Waals surface area contributed by atoms with E-state index in [1.165, 1.54) is 6.92 Å². The molecule has 0 unspecified atom stereocenters. The Morgan fingerprint density at radius 1 is 1.38 bits per heavy atom. The van der Waals surface area contributed by atoms with Crippen molar-refractivity contribution in [2.75, 3.05) is 23.3 Å². The number of sulfone groups is 1. The van der Waals surface area contributed by atoms with Gasteiger partial charge in [0.2, 0.25) is 0 Å². The number of nitrogen functional groups attached to an aromatic ring is 1. The number of carbonyl (C=O) groups is 1. The second-order valence-corrected chi connectivity index (χ2v) is 8.91. The van der Waals surface area contributed by atoms with E-state index < -0.39 is 9.84 Å². The zero-order valence-electron chi connectivity index (χ0n) is 12.7. The summed E-state index contributed by atoms with van der Waals surface area (Å²) in [6.07, 6.45) is 3.38. The maximum absolute atomic E-state index is 12.3. The van der Waals surface area contributed by atoms with Crippen LogP contribution in [0.15, 0.2) is 4.90 Å². The molecule has 0 aromatic carbocycles. The van der Waals surface area contributed by atoms with Gasteiger partial charge in [0.25, 0.3) is 0 Å². The number of nitrogens with two attached hydrogens (primary N) is 1. The smallest absolute Gasteiger partial charge is 0.183 e. The number of thiophene rings is 1. The van der Waals surface area contributed by atoms with Gasteiger partial charge >= 0.3 is 0 Å². The molecule has 0 atom stereocenters. The van der Waals surface area contributed by atoms with Crippen molar-refractivity contribution >= 4 is 37.6 Å². The molecular formula is C14H22N2O3S2. The van der Waals surface area contributed by atoms with Crippen LogP contribution in [0.25, 0.3) is 0 Å². The van der Waals surface area contributed by atoms with E-state index in [0.29, 0.717) is 9.88 Å². The molecule has 1 aliphatic rings. The number of hydrogen-bond donors (Lipinski definition) is 2. The number of rotatable bonds is 7. The maximum atomic E-state index is 12.3. The van der Waals surface area contributed by atoms with Crippen LogP contribution in [0, 0.1) is 5.41 Å². The Morgan fingerprint density at radius 2 is 2.00 bits per heavy atom. The molecule has 0 amide bonds. The molecule has 0 spiro atoms. The predicted molar refractivity (Wildman–Crippen MR) is 86.9 cm³/mol. The largest absolute Gasteiger partial charge is 0.396 e. The van der Waals surface area contributed by atoms with Crippen LogP contribution in [0.1, 0.15) is 49.7 Å². The van der Waals surface area contributed by atoms with Crippen molar-refractivity contribution in [1.29, 1.82) is 0 Å². The minimum Gasteiger partial charge on any atom is -0.396 e. The van der Waals surface area contributed by atoms with Crippen molar-refractivity contribution < 1.29 is 13.2 Å². The van der Waals surface area contributed by atoms with Gasteiger partial charge in [-0.3, -0.25) is 4.79 Å². The molecule has 1 aromatic rings. The summed E-state index contributed by atoms with van der Waals surface area (Å²) in [6, 6.07) is 0. The third-order valence-corrected chi connectivity index (χ3v) is 7.44. The van der Waals surface area contributed by atoms with Gasteiger partial charge in [-0.1, -0.05) is 13.8 Å². The first-order valence-electron chi connectivity index (χ1n) is 7.16. The first-order valence-corrected chi connectivity index (χ1v) is 9.63. The summed E-state index contributed by atoms with van der Waals surface area (Å²) in [6.45, 7) is 5.86. The van der Waals surface area contributed by atoms with Crippen molar-refractivity contribution in [3.8, 4) is 0 Å². The lowest BCUT2D eigenvalue weighted by atomic mass is 10.0. The molecule has 1 saturated carbocycles. The lowest BCUT2D eigenvalue weighted by Crippen LogP contribution is -2.16. The average Bonchev–Trinajstić information content (AvgIpc) is 3.13. The summed E-state index contributed by atoms with van der Waals surface area (Å²) < 4.78 is 24.5. The fourth-order valence-electron chi connectivity index (χ4n) is 2.36. The molecule has 118 valence electrons. The number of Topliss-reactive ketones (excluding diaryl/α,β-unsaturated/α-hetero) is 1. The SMILES string of the molecule is CCC1(CNc2sc(C(C)=O)c(N)c2S(=O)(=O)CC)CC1. The van der Waals surface area contributed by atoms with Gasteiger partial charge in [0.15, 0.2) is 15.6 Å². The minimum atomic E-state index is -3.46. The van der Waals surface area contributed by atoms with E-state index in [9.17, 15) is 13.2 Å². The van der Waals surface area contributed by atoms with E-state index in [1.54, 1.807) is 6.92 Å². The van der Waals surface area contributed by atoms with Crippen molar-refractivity contribution in [3.63, 3.8) is 0 Å². The first kappa shape index (κ1) is 16.3. The van der Waals surface area contributed by atoms with Crippen LogP contribution < -0.4 is 11.1 Å². The molecule has 1 aromatic heterocycles. The Hall–Kier alpha value is -1.08. The van der Waals surface area contributed by atoms with Gasteiger partial charge in [0.1, 0.15) is 9.90 Å². The fraction of sp³-hybridized carbons (Fsp3) is 0.643. The molecule has 0 radical (unpaired) electrons. The van der Waals surface area contributed by atoms with Crippen molar-refractivity contribution in [2.45, 2.75) is 44.9 Å². The minimum absolute atomic E-state index is 0.0289.